The summed E-state index contributed by atoms with van der Waals surface area (Å²) in [6, 6.07) is 0. The second kappa shape index (κ2) is 6.63. The topological polar surface area (TPSA) is 55.8 Å². The van der Waals surface area contributed by atoms with E-state index in [0.29, 0.717) is 13.2 Å². The highest BCUT2D eigenvalue weighted by atomic mass is 31.2. The molecule has 3 aliphatic rings. The summed E-state index contributed by atoms with van der Waals surface area (Å²) < 4.78 is 24.9. The second-order valence-corrected chi connectivity index (χ2v) is 9.48. The summed E-state index contributed by atoms with van der Waals surface area (Å²) >= 11 is 0. The Hall–Kier alpha value is -0.150. The quantitative estimate of drug-likeness (QED) is 0.571. The summed E-state index contributed by atoms with van der Waals surface area (Å²) in [6.45, 7) is 6.46. The summed E-state index contributed by atoms with van der Waals surface area (Å²) in [5.74, 6) is 0.222. The molecule has 2 bridgehead atoms. The third-order valence-corrected chi connectivity index (χ3v) is 8.95. The molecule has 1 saturated carbocycles. The van der Waals surface area contributed by atoms with E-state index in [4.69, 9.17) is 9.05 Å². The van der Waals surface area contributed by atoms with Crippen LogP contribution in [0.25, 0.3) is 0 Å². The summed E-state index contributed by atoms with van der Waals surface area (Å²) in [4.78, 5) is 0. The average molecular weight is 342 g/mol. The van der Waals surface area contributed by atoms with Gasteiger partial charge in [-0.15, -0.1) is 0 Å². The first-order valence-corrected chi connectivity index (χ1v) is 10.9. The van der Waals surface area contributed by atoms with Gasteiger partial charge in [0.15, 0.2) is 5.34 Å². The first-order chi connectivity index (χ1) is 11.0. The van der Waals surface area contributed by atoms with Crippen LogP contribution in [0.1, 0.15) is 65.7 Å². The normalized spacial score (nSPS) is 37.7. The van der Waals surface area contributed by atoms with Gasteiger partial charge in [-0.2, -0.15) is 0 Å². The summed E-state index contributed by atoms with van der Waals surface area (Å²) in [7, 11) is -3.56. The lowest BCUT2D eigenvalue weighted by Crippen LogP contribution is -2.55. The van der Waals surface area contributed by atoms with Crippen LogP contribution in [-0.2, 0) is 13.6 Å². The molecule has 132 valence electrons. The van der Waals surface area contributed by atoms with E-state index in [1.807, 2.05) is 13.8 Å². The molecule has 1 N–H and O–H groups in total. The van der Waals surface area contributed by atoms with Crippen LogP contribution in [0, 0.1) is 17.8 Å². The predicted molar refractivity (Wildman–Crippen MR) is 91.3 cm³/mol. The van der Waals surface area contributed by atoms with E-state index in [9.17, 15) is 9.67 Å². The van der Waals surface area contributed by atoms with Gasteiger partial charge in [0.1, 0.15) is 0 Å². The highest BCUT2D eigenvalue weighted by molar-refractivity contribution is 7.55. The minimum absolute atomic E-state index is 0.0120. The molecule has 0 aliphatic heterocycles. The fourth-order valence-electron chi connectivity index (χ4n) is 5.36. The molecule has 3 aliphatic carbocycles. The van der Waals surface area contributed by atoms with Crippen molar-refractivity contribution in [3.05, 3.63) is 11.1 Å². The van der Waals surface area contributed by atoms with E-state index in [1.165, 1.54) is 24.0 Å². The zero-order valence-corrected chi connectivity index (χ0v) is 15.6. The number of allylic oxidation sites excluding steroid dienone is 1. The Morgan fingerprint density at radius 2 is 1.70 bits per heavy atom. The van der Waals surface area contributed by atoms with E-state index in [0.717, 1.165) is 32.1 Å². The third-order valence-electron chi connectivity index (χ3n) is 6.23. The van der Waals surface area contributed by atoms with Crippen LogP contribution in [0.5, 0.6) is 0 Å². The van der Waals surface area contributed by atoms with E-state index < -0.39 is 12.9 Å². The van der Waals surface area contributed by atoms with Crippen LogP contribution < -0.4 is 0 Å². The molecule has 0 radical (unpaired) electrons. The lowest BCUT2D eigenvalue weighted by Gasteiger charge is -2.55. The van der Waals surface area contributed by atoms with Crippen LogP contribution >= 0.6 is 7.60 Å². The molecule has 4 nitrogen and oxygen atoms in total. The number of hydrogen-bond donors (Lipinski definition) is 1. The van der Waals surface area contributed by atoms with Gasteiger partial charge in [-0.3, -0.25) is 4.57 Å². The van der Waals surface area contributed by atoms with Crippen molar-refractivity contribution in [1.82, 2.24) is 0 Å². The molecule has 0 aromatic rings. The van der Waals surface area contributed by atoms with Gasteiger partial charge in [-0.1, -0.05) is 24.5 Å². The Balaban J connectivity index is 2.11. The van der Waals surface area contributed by atoms with Crippen molar-refractivity contribution in [3.8, 4) is 0 Å². The molecule has 23 heavy (non-hydrogen) atoms. The maximum absolute atomic E-state index is 13.6. The van der Waals surface area contributed by atoms with Crippen molar-refractivity contribution in [2.24, 2.45) is 17.8 Å². The van der Waals surface area contributed by atoms with Crippen molar-refractivity contribution >= 4 is 7.60 Å². The Kier molecular flexibility index (Phi) is 5.09. The van der Waals surface area contributed by atoms with E-state index in [-0.39, 0.29) is 17.8 Å². The molecule has 0 spiro atoms. The molecule has 0 aromatic heterocycles. The summed E-state index contributed by atoms with van der Waals surface area (Å²) in [5.41, 5.74) is 2.91. The first kappa shape index (κ1) is 17.7. The molecule has 0 saturated heterocycles. The number of fused-ring (bicyclic) bond motifs is 3. The zero-order chi connectivity index (χ0) is 16.7. The standard InChI is InChI=1S/C18H31O4P/c1-4-21-23(20,22-5-2)18(19)16-11-8-12-17(18)15-10-7-6-9-14(15)13(16)3/h13,16-17,19H,4-12H2,1-3H3/t13-,16-,17+,18+/m0/s1. The Morgan fingerprint density at radius 1 is 1.09 bits per heavy atom. The monoisotopic (exact) mass is 342 g/mol. The highest BCUT2D eigenvalue weighted by Crippen LogP contribution is 2.72. The largest absolute Gasteiger partial charge is 0.377 e. The van der Waals surface area contributed by atoms with Crippen molar-refractivity contribution in [2.45, 2.75) is 71.1 Å². The maximum atomic E-state index is 13.6. The highest BCUT2D eigenvalue weighted by Gasteiger charge is 2.65. The average Bonchev–Trinajstić information content (AvgIpc) is 2.53. The van der Waals surface area contributed by atoms with Gasteiger partial charge < -0.3 is 14.2 Å². The van der Waals surface area contributed by atoms with Crippen molar-refractivity contribution in [2.75, 3.05) is 13.2 Å². The maximum Gasteiger partial charge on any atom is 0.362 e. The lowest BCUT2D eigenvalue weighted by molar-refractivity contribution is -0.0651. The van der Waals surface area contributed by atoms with Crippen molar-refractivity contribution < 1.29 is 18.7 Å². The van der Waals surface area contributed by atoms with E-state index in [1.54, 1.807) is 0 Å². The van der Waals surface area contributed by atoms with Crippen LogP contribution in [0.15, 0.2) is 11.1 Å². The van der Waals surface area contributed by atoms with Gasteiger partial charge >= 0.3 is 7.60 Å². The third kappa shape index (κ3) is 2.57. The minimum atomic E-state index is -3.56. The number of aliphatic hydroxyl groups is 1. The smallest absolute Gasteiger partial charge is 0.362 e. The zero-order valence-electron chi connectivity index (χ0n) is 14.7. The molecule has 0 aromatic carbocycles. The summed E-state index contributed by atoms with van der Waals surface area (Å²) in [5, 5.41) is 10.5. The van der Waals surface area contributed by atoms with Gasteiger partial charge in [0, 0.05) is 11.8 Å². The minimum Gasteiger partial charge on any atom is -0.377 e. The second-order valence-electron chi connectivity index (χ2n) is 7.25. The van der Waals surface area contributed by atoms with Crippen molar-refractivity contribution in [1.29, 1.82) is 0 Å². The number of hydrogen-bond acceptors (Lipinski definition) is 4. The molecule has 3 rings (SSSR count). The molecule has 4 atom stereocenters. The number of rotatable bonds is 5. The van der Waals surface area contributed by atoms with Gasteiger partial charge in [-0.05, 0) is 58.3 Å². The molecule has 0 heterocycles. The molecule has 0 amide bonds. The molecular formula is C18H31O4P. The molecular weight excluding hydrogens is 311 g/mol. The van der Waals surface area contributed by atoms with Gasteiger partial charge in [-0.25, -0.2) is 0 Å². The molecule has 5 heteroatoms. The molecule has 1 fully saturated rings. The lowest BCUT2D eigenvalue weighted by atomic mass is 9.59. The van der Waals surface area contributed by atoms with Gasteiger partial charge in [0.25, 0.3) is 0 Å². The van der Waals surface area contributed by atoms with Crippen LogP contribution in [0.4, 0.5) is 0 Å². The molecule has 0 unspecified atom stereocenters. The van der Waals surface area contributed by atoms with Crippen LogP contribution in [-0.4, -0.2) is 23.7 Å². The fraction of sp³-hybridized carbons (Fsp3) is 0.889. The van der Waals surface area contributed by atoms with Crippen LogP contribution in [0.2, 0.25) is 0 Å². The predicted octanol–water partition coefficient (Wildman–Crippen LogP) is 4.88. The SMILES string of the molecule is CCOP(=O)(OCC)[C@@]1(O)[C@@H]2CCC[C@H]1[C@@H](C)C1=C2CCCC1. The summed E-state index contributed by atoms with van der Waals surface area (Å²) in [6.07, 6.45) is 7.52. The Labute approximate surface area is 140 Å². The van der Waals surface area contributed by atoms with Gasteiger partial charge in [0.2, 0.25) is 0 Å². The van der Waals surface area contributed by atoms with Gasteiger partial charge in [0.05, 0.1) is 13.2 Å². The first-order valence-electron chi connectivity index (χ1n) is 9.33. The van der Waals surface area contributed by atoms with Crippen LogP contribution in [0.3, 0.4) is 0 Å². The van der Waals surface area contributed by atoms with E-state index in [2.05, 4.69) is 6.92 Å². The van der Waals surface area contributed by atoms with Crippen molar-refractivity contribution in [3.63, 3.8) is 0 Å². The Bertz CT molecular complexity index is 519. The fourth-order valence-corrected chi connectivity index (χ4v) is 7.96. The van der Waals surface area contributed by atoms with E-state index >= 15 is 0 Å². The Morgan fingerprint density at radius 3 is 2.30 bits per heavy atom.